The van der Waals surface area contributed by atoms with Gasteiger partial charge < -0.3 is 11.1 Å². The summed E-state index contributed by atoms with van der Waals surface area (Å²) in [6, 6.07) is 19.6. The number of benzene rings is 2. The third-order valence-corrected chi connectivity index (χ3v) is 4.33. The predicted molar refractivity (Wildman–Crippen MR) is 113 cm³/mol. The number of rotatable bonds is 8. The highest BCUT2D eigenvalue weighted by Gasteiger charge is 2.16. The molecule has 26 heavy (non-hydrogen) atoms. The molecule has 2 aromatic carbocycles. The quantitative estimate of drug-likeness (QED) is 0.715. The average molecular weight is 398 g/mol. The topological polar surface area (TPSA) is 58.4 Å². The lowest BCUT2D eigenvalue weighted by molar-refractivity contribution is -0.122. The largest absolute Gasteiger partial charge is 0.354 e. The van der Waals surface area contributed by atoms with Gasteiger partial charge in [-0.1, -0.05) is 60.7 Å². The molecule has 2 aromatic rings. The summed E-state index contributed by atoms with van der Waals surface area (Å²) in [6.45, 7) is 3.70. The average Bonchev–Trinajstić information content (AvgIpc) is 2.62. The first-order chi connectivity index (χ1) is 11.6. The van der Waals surface area contributed by atoms with E-state index in [4.69, 9.17) is 5.73 Å². The molecule has 2 atom stereocenters. The van der Waals surface area contributed by atoms with Crippen LogP contribution in [0.1, 0.15) is 30.5 Å². The van der Waals surface area contributed by atoms with Crippen LogP contribution < -0.4 is 11.1 Å². The summed E-state index contributed by atoms with van der Waals surface area (Å²) < 4.78 is 0. The molecule has 144 valence electrons. The van der Waals surface area contributed by atoms with Gasteiger partial charge in [0.25, 0.3) is 0 Å². The van der Waals surface area contributed by atoms with Crippen LogP contribution in [0.15, 0.2) is 60.7 Å². The normalized spacial score (nSPS) is 12.5. The lowest BCUT2D eigenvalue weighted by Crippen LogP contribution is -2.37. The third-order valence-electron chi connectivity index (χ3n) is 4.33. The van der Waals surface area contributed by atoms with E-state index in [2.05, 4.69) is 48.5 Å². The van der Waals surface area contributed by atoms with Crippen molar-refractivity contribution in [1.82, 2.24) is 10.2 Å². The molecule has 3 N–H and O–H groups in total. The van der Waals surface area contributed by atoms with Crippen molar-refractivity contribution in [2.75, 3.05) is 13.6 Å². The Balaban J connectivity index is 0.00000312. The summed E-state index contributed by atoms with van der Waals surface area (Å²) in [5.41, 5.74) is 8.13. The van der Waals surface area contributed by atoms with Crippen LogP contribution in [0.25, 0.3) is 0 Å². The summed E-state index contributed by atoms with van der Waals surface area (Å²) in [7, 11) is 2.11. The Labute approximate surface area is 169 Å². The third kappa shape index (κ3) is 7.75. The van der Waals surface area contributed by atoms with Crippen LogP contribution in [0.5, 0.6) is 0 Å². The molecule has 0 aliphatic carbocycles. The summed E-state index contributed by atoms with van der Waals surface area (Å²) in [6.07, 6.45) is 0.885. The first-order valence-electron chi connectivity index (χ1n) is 8.40. The first kappa shape index (κ1) is 24.4. The van der Waals surface area contributed by atoms with Gasteiger partial charge in [-0.15, -0.1) is 24.8 Å². The molecule has 2 rings (SSSR count). The zero-order valence-corrected chi connectivity index (χ0v) is 16.9. The van der Waals surface area contributed by atoms with E-state index in [0.29, 0.717) is 12.6 Å². The molecule has 0 bridgehead atoms. The molecular weight excluding hydrogens is 369 g/mol. The predicted octanol–water partition coefficient (Wildman–Crippen LogP) is 3.56. The standard InChI is InChI=1S/C20H27N3O.2ClH/c1-16(23(2)15-17-9-5-3-6-10-17)13-14-22-20(24)19(21)18-11-7-4-8-12-18;;/h3-12,16,19H,13-15,21H2,1-2H3,(H,22,24);2*1H. The van der Waals surface area contributed by atoms with Gasteiger partial charge in [-0.3, -0.25) is 9.69 Å². The molecule has 4 nitrogen and oxygen atoms in total. The van der Waals surface area contributed by atoms with Crippen molar-refractivity contribution >= 4 is 30.7 Å². The lowest BCUT2D eigenvalue weighted by Gasteiger charge is -2.25. The number of nitrogens with one attached hydrogen (secondary N) is 1. The first-order valence-corrected chi connectivity index (χ1v) is 8.40. The molecule has 0 aromatic heterocycles. The Bertz CT molecular complexity index is 625. The van der Waals surface area contributed by atoms with E-state index in [-0.39, 0.29) is 30.7 Å². The second kappa shape index (κ2) is 12.7. The number of hydrogen-bond donors (Lipinski definition) is 2. The minimum absolute atomic E-state index is 0. The smallest absolute Gasteiger partial charge is 0.241 e. The zero-order valence-electron chi connectivity index (χ0n) is 15.3. The monoisotopic (exact) mass is 397 g/mol. The maximum Gasteiger partial charge on any atom is 0.241 e. The summed E-state index contributed by atoms with van der Waals surface area (Å²) >= 11 is 0. The Morgan fingerprint density at radius 3 is 2.15 bits per heavy atom. The maximum absolute atomic E-state index is 12.1. The fraction of sp³-hybridized carbons (Fsp3) is 0.350. The van der Waals surface area contributed by atoms with Crippen LogP contribution in [0.4, 0.5) is 0 Å². The highest BCUT2D eigenvalue weighted by molar-refractivity contribution is 5.85. The molecule has 0 saturated heterocycles. The van der Waals surface area contributed by atoms with Crippen LogP contribution in [0, 0.1) is 0 Å². The molecule has 0 saturated carbocycles. The van der Waals surface area contributed by atoms with Crippen molar-refractivity contribution in [3.8, 4) is 0 Å². The van der Waals surface area contributed by atoms with Crippen LogP contribution >= 0.6 is 24.8 Å². The van der Waals surface area contributed by atoms with Crippen LogP contribution in [0.3, 0.4) is 0 Å². The van der Waals surface area contributed by atoms with E-state index in [1.807, 2.05) is 36.4 Å². The summed E-state index contributed by atoms with van der Waals surface area (Å²) in [5.74, 6) is -0.126. The Hall–Kier alpha value is -1.59. The summed E-state index contributed by atoms with van der Waals surface area (Å²) in [4.78, 5) is 14.4. The van der Waals surface area contributed by atoms with E-state index < -0.39 is 6.04 Å². The summed E-state index contributed by atoms with van der Waals surface area (Å²) in [5, 5.41) is 2.94. The van der Waals surface area contributed by atoms with E-state index in [9.17, 15) is 4.79 Å². The van der Waals surface area contributed by atoms with Crippen molar-refractivity contribution in [3.05, 3.63) is 71.8 Å². The number of carbonyl (C=O) groups excluding carboxylic acids is 1. The molecule has 0 spiro atoms. The Morgan fingerprint density at radius 1 is 1.04 bits per heavy atom. The fourth-order valence-electron chi connectivity index (χ4n) is 2.57. The molecule has 0 heterocycles. The van der Waals surface area contributed by atoms with Crippen molar-refractivity contribution in [2.24, 2.45) is 5.73 Å². The number of halogens is 2. The van der Waals surface area contributed by atoms with E-state index >= 15 is 0 Å². The van der Waals surface area contributed by atoms with Gasteiger partial charge >= 0.3 is 0 Å². The van der Waals surface area contributed by atoms with Crippen LogP contribution in [0.2, 0.25) is 0 Å². The molecular formula is C20H29Cl2N3O. The van der Waals surface area contributed by atoms with Crippen molar-refractivity contribution in [1.29, 1.82) is 0 Å². The van der Waals surface area contributed by atoms with Crippen molar-refractivity contribution in [2.45, 2.75) is 32.0 Å². The number of nitrogens with zero attached hydrogens (tertiary/aromatic N) is 1. The van der Waals surface area contributed by atoms with E-state index in [1.165, 1.54) is 5.56 Å². The van der Waals surface area contributed by atoms with Gasteiger partial charge in [0, 0.05) is 19.1 Å². The van der Waals surface area contributed by atoms with Crippen molar-refractivity contribution < 1.29 is 4.79 Å². The zero-order chi connectivity index (χ0) is 17.4. The number of nitrogens with two attached hydrogens (primary N) is 1. The highest BCUT2D eigenvalue weighted by atomic mass is 35.5. The Morgan fingerprint density at radius 2 is 1.58 bits per heavy atom. The molecule has 6 heteroatoms. The Kier molecular flexibility index (Phi) is 11.9. The molecule has 0 fully saturated rings. The van der Waals surface area contributed by atoms with Gasteiger partial charge in [0.05, 0.1) is 0 Å². The van der Waals surface area contributed by atoms with Crippen LogP contribution in [-0.2, 0) is 11.3 Å². The van der Waals surface area contributed by atoms with Gasteiger partial charge in [-0.05, 0) is 31.5 Å². The number of hydrogen-bond acceptors (Lipinski definition) is 3. The van der Waals surface area contributed by atoms with E-state index in [1.54, 1.807) is 0 Å². The van der Waals surface area contributed by atoms with Gasteiger partial charge in [0.2, 0.25) is 5.91 Å². The minimum atomic E-state index is -0.608. The fourth-order valence-corrected chi connectivity index (χ4v) is 2.57. The molecule has 0 aliphatic rings. The number of carbonyl (C=O) groups is 1. The van der Waals surface area contributed by atoms with Gasteiger partial charge in [-0.25, -0.2) is 0 Å². The maximum atomic E-state index is 12.1. The molecule has 0 radical (unpaired) electrons. The second-order valence-corrected chi connectivity index (χ2v) is 6.22. The molecule has 0 aliphatic heterocycles. The van der Waals surface area contributed by atoms with Gasteiger partial charge in [0.15, 0.2) is 0 Å². The molecule has 2 unspecified atom stereocenters. The SMILES string of the molecule is CC(CCNC(=O)C(N)c1ccccc1)N(C)Cc1ccccc1.Cl.Cl. The van der Waals surface area contributed by atoms with Gasteiger partial charge in [0.1, 0.15) is 6.04 Å². The minimum Gasteiger partial charge on any atom is -0.354 e. The van der Waals surface area contributed by atoms with E-state index in [0.717, 1.165) is 18.5 Å². The second-order valence-electron chi connectivity index (χ2n) is 6.22. The van der Waals surface area contributed by atoms with Crippen molar-refractivity contribution in [3.63, 3.8) is 0 Å². The highest BCUT2D eigenvalue weighted by Crippen LogP contribution is 2.10. The number of amides is 1. The van der Waals surface area contributed by atoms with Gasteiger partial charge in [-0.2, -0.15) is 0 Å². The molecule has 1 amide bonds. The van der Waals surface area contributed by atoms with Crippen LogP contribution in [-0.4, -0.2) is 30.4 Å². The lowest BCUT2D eigenvalue weighted by atomic mass is 10.1.